The molecule has 26 heavy (non-hydrogen) atoms. The van der Waals surface area contributed by atoms with Crippen molar-refractivity contribution in [3.8, 4) is 5.75 Å². The number of benzene rings is 1. The fourth-order valence-electron chi connectivity index (χ4n) is 3.16. The van der Waals surface area contributed by atoms with Crippen LogP contribution in [0.15, 0.2) is 18.2 Å². The van der Waals surface area contributed by atoms with Crippen LogP contribution < -0.4 is 4.74 Å². The highest BCUT2D eigenvalue weighted by molar-refractivity contribution is 5.98. The zero-order valence-corrected chi connectivity index (χ0v) is 15.4. The van der Waals surface area contributed by atoms with Crippen molar-refractivity contribution in [2.24, 2.45) is 0 Å². The van der Waals surface area contributed by atoms with Gasteiger partial charge in [0, 0.05) is 12.0 Å². The largest absolute Gasteiger partial charge is 0.514 e. The molecule has 1 aromatic rings. The maximum Gasteiger partial charge on any atom is 0.514 e. The molecule has 1 saturated carbocycles. The van der Waals surface area contributed by atoms with E-state index in [0.29, 0.717) is 12.0 Å². The predicted molar refractivity (Wildman–Crippen MR) is 98.3 cm³/mol. The number of unbranched alkanes of at least 4 members (excludes halogenated alkanes) is 4. The van der Waals surface area contributed by atoms with Gasteiger partial charge in [0.2, 0.25) is 6.29 Å². The SMILES string of the molecule is CCCCCCCC(=O)c1ccc(OC(=O)OC2CCCC2)c([C]=O)c1. The average Bonchev–Trinajstić information content (AvgIpc) is 3.14. The molecule has 5 nitrogen and oxygen atoms in total. The molecule has 0 atom stereocenters. The first-order valence-electron chi connectivity index (χ1n) is 9.58. The molecule has 0 N–H and O–H groups in total. The van der Waals surface area contributed by atoms with Crippen LogP contribution in [0.2, 0.25) is 0 Å². The number of ether oxygens (including phenoxy) is 2. The zero-order valence-electron chi connectivity index (χ0n) is 15.4. The molecule has 1 aliphatic rings. The first-order chi connectivity index (χ1) is 12.6. The van der Waals surface area contributed by atoms with Crippen LogP contribution in [-0.4, -0.2) is 24.3 Å². The molecule has 0 aromatic heterocycles. The lowest BCUT2D eigenvalue weighted by molar-refractivity contribution is 0.0612. The molecule has 1 aliphatic carbocycles. The van der Waals surface area contributed by atoms with Crippen LogP contribution in [0.3, 0.4) is 0 Å². The van der Waals surface area contributed by atoms with Crippen molar-refractivity contribution in [3.05, 3.63) is 29.3 Å². The third-order valence-corrected chi connectivity index (χ3v) is 4.68. The van der Waals surface area contributed by atoms with E-state index in [2.05, 4.69) is 6.92 Å². The number of rotatable bonds is 10. The van der Waals surface area contributed by atoms with Crippen LogP contribution in [0.4, 0.5) is 4.79 Å². The standard InChI is InChI=1S/C21H27O5/c1-2-3-4-5-6-11-19(23)16-12-13-20(17(14-16)15-22)26-21(24)25-18-9-7-8-10-18/h12-14,18H,2-11H2,1H3. The van der Waals surface area contributed by atoms with E-state index in [-0.39, 0.29) is 23.2 Å². The lowest BCUT2D eigenvalue weighted by Crippen LogP contribution is -2.18. The highest BCUT2D eigenvalue weighted by Crippen LogP contribution is 2.24. The number of ketones is 1. The Balaban J connectivity index is 1.90. The van der Waals surface area contributed by atoms with Gasteiger partial charge in [0.05, 0.1) is 5.56 Å². The van der Waals surface area contributed by atoms with Crippen molar-refractivity contribution in [1.29, 1.82) is 0 Å². The Morgan fingerprint density at radius 3 is 2.54 bits per heavy atom. The van der Waals surface area contributed by atoms with E-state index < -0.39 is 6.16 Å². The molecule has 1 fully saturated rings. The monoisotopic (exact) mass is 359 g/mol. The maximum absolute atomic E-state index is 12.2. The summed E-state index contributed by atoms with van der Waals surface area (Å²) in [4.78, 5) is 35.3. The topological polar surface area (TPSA) is 69.7 Å². The van der Waals surface area contributed by atoms with Crippen LogP contribution in [0.1, 0.15) is 87.1 Å². The van der Waals surface area contributed by atoms with Gasteiger partial charge in [0.15, 0.2) is 5.78 Å². The van der Waals surface area contributed by atoms with Crippen LogP contribution in [0.25, 0.3) is 0 Å². The normalized spacial score (nSPS) is 14.2. The lowest BCUT2D eigenvalue weighted by atomic mass is 10.0. The third kappa shape index (κ3) is 6.28. The molecule has 0 unspecified atom stereocenters. The van der Waals surface area contributed by atoms with E-state index in [4.69, 9.17) is 9.47 Å². The van der Waals surface area contributed by atoms with Crippen LogP contribution >= 0.6 is 0 Å². The van der Waals surface area contributed by atoms with E-state index in [1.807, 2.05) is 0 Å². The van der Waals surface area contributed by atoms with Gasteiger partial charge >= 0.3 is 6.16 Å². The highest BCUT2D eigenvalue weighted by atomic mass is 16.7. The Bertz CT molecular complexity index is 617. The van der Waals surface area contributed by atoms with E-state index in [1.54, 1.807) is 12.4 Å². The summed E-state index contributed by atoms with van der Waals surface area (Å²) in [6.45, 7) is 2.15. The molecule has 141 valence electrons. The first-order valence-corrected chi connectivity index (χ1v) is 9.58. The summed E-state index contributed by atoms with van der Waals surface area (Å²) in [7, 11) is 0. The summed E-state index contributed by atoms with van der Waals surface area (Å²) >= 11 is 0. The van der Waals surface area contributed by atoms with Crippen molar-refractivity contribution in [1.82, 2.24) is 0 Å². The Hall–Kier alpha value is -2.17. The summed E-state index contributed by atoms with van der Waals surface area (Å²) in [5.41, 5.74) is 0.501. The molecule has 0 spiro atoms. The molecular weight excluding hydrogens is 332 g/mol. The number of Topliss-reactive ketones (excluding diaryl/α,β-unsaturated/α-hetero) is 1. The minimum absolute atomic E-state index is 0.0157. The number of carbonyl (C=O) groups is 2. The van der Waals surface area contributed by atoms with Crippen molar-refractivity contribution in [3.63, 3.8) is 0 Å². The van der Waals surface area contributed by atoms with Gasteiger partial charge in [-0.1, -0.05) is 32.6 Å². The summed E-state index contributed by atoms with van der Waals surface area (Å²) in [5.74, 6) is 0.0561. The third-order valence-electron chi connectivity index (χ3n) is 4.68. The molecule has 0 amide bonds. The Morgan fingerprint density at radius 1 is 1.12 bits per heavy atom. The van der Waals surface area contributed by atoms with Gasteiger partial charge in [-0.25, -0.2) is 4.79 Å². The smallest absolute Gasteiger partial charge is 0.431 e. The van der Waals surface area contributed by atoms with Gasteiger partial charge < -0.3 is 9.47 Å². The Morgan fingerprint density at radius 2 is 1.85 bits per heavy atom. The molecule has 0 heterocycles. The van der Waals surface area contributed by atoms with Crippen molar-refractivity contribution in [2.45, 2.75) is 77.2 Å². The highest BCUT2D eigenvalue weighted by Gasteiger charge is 2.21. The molecule has 2 rings (SSSR count). The Labute approximate surface area is 155 Å². The van der Waals surface area contributed by atoms with Crippen LogP contribution in [0.5, 0.6) is 5.75 Å². The quantitative estimate of drug-likeness (QED) is 0.250. The fourth-order valence-corrected chi connectivity index (χ4v) is 3.16. The molecule has 1 aromatic carbocycles. The molecule has 0 aliphatic heterocycles. The van der Waals surface area contributed by atoms with E-state index in [1.165, 1.54) is 18.6 Å². The van der Waals surface area contributed by atoms with E-state index in [9.17, 15) is 14.4 Å². The van der Waals surface area contributed by atoms with Crippen molar-refractivity contribution >= 4 is 18.2 Å². The second kappa shape index (κ2) is 10.7. The van der Waals surface area contributed by atoms with Crippen molar-refractivity contribution < 1.29 is 23.9 Å². The minimum atomic E-state index is -0.816. The summed E-state index contributed by atoms with van der Waals surface area (Å²) in [6.07, 6.45) is 10.4. The van der Waals surface area contributed by atoms with Gasteiger partial charge in [0.25, 0.3) is 0 Å². The van der Waals surface area contributed by atoms with Gasteiger partial charge in [-0.3, -0.25) is 9.59 Å². The second-order valence-corrected chi connectivity index (χ2v) is 6.78. The second-order valence-electron chi connectivity index (χ2n) is 6.78. The molecular formula is C21H27O5. The number of carbonyl (C=O) groups excluding carboxylic acids is 3. The molecule has 0 saturated heterocycles. The lowest BCUT2D eigenvalue weighted by Gasteiger charge is -2.12. The van der Waals surface area contributed by atoms with Crippen molar-refractivity contribution in [2.75, 3.05) is 0 Å². The van der Waals surface area contributed by atoms with E-state index >= 15 is 0 Å². The fraction of sp³-hybridized carbons (Fsp3) is 0.571. The zero-order chi connectivity index (χ0) is 18.8. The summed E-state index contributed by atoms with van der Waals surface area (Å²) in [6, 6.07) is 4.47. The Kier molecular flexibility index (Phi) is 8.32. The van der Waals surface area contributed by atoms with E-state index in [0.717, 1.165) is 51.4 Å². The molecule has 5 heteroatoms. The van der Waals surface area contributed by atoms with Crippen LogP contribution in [0, 0.1) is 0 Å². The summed E-state index contributed by atoms with van der Waals surface area (Å²) in [5, 5.41) is 0. The van der Waals surface area contributed by atoms with Gasteiger partial charge in [-0.15, -0.1) is 0 Å². The van der Waals surface area contributed by atoms with Gasteiger partial charge in [0.1, 0.15) is 11.9 Å². The van der Waals surface area contributed by atoms with Gasteiger partial charge in [-0.05, 0) is 50.3 Å². The summed E-state index contributed by atoms with van der Waals surface area (Å²) < 4.78 is 10.3. The maximum atomic E-state index is 12.2. The average molecular weight is 359 g/mol. The minimum Gasteiger partial charge on any atom is -0.431 e. The van der Waals surface area contributed by atoms with Crippen LogP contribution in [-0.2, 0) is 9.53 Å². The van der Waals surface area contributed by atoms with Gasteiger partial charge in [-0.2, -0.15) is 0 Å². The first kappa shape index (κ1) is 20.1. The number of hydrogen-bond donors (Lipinski definition) is 0. The number of hydrogen-bond acceptors (Lipinski definition) is 5. The molecule has 1 radical (unpaired) electrons. The predicted octanol–water partition coefficient (Wildman–Crippen LogP) is 5.15. The molecule has 0 bridgehead atoms.